The lowest BCUT2D eigenvalue weighted by Gasteiger charge is -2.34. The molecule has 1 atom stereocenters. The van der Waals surface area contributed by atoms with E-state index in [-0.39, 0.29) is 12.1 Å². The predicted molar refractivity (Wildman–Crippen MR) is 79.0 cm³/mol. The number of carbonyl (C=O) groups excluding carboxylic acids is 1. The molecule has 110 valence electrons. The van der Waals surface area contributed by atoms with Gasteiger partial charge in [0.25, 0.3) is 0 Å². The molecule has 0 N–H and O–H groups in total. The Morgan fingerprint density at radius 3 is 2.70 bits per heavy atom. The zero-order valence-electron chi connectivity index (χ0n) is 12.6. The van der Waals surface area contributed by atoms with Crippen molar-refractivity contribution in [3.8, 4) is 0 Å². The van der Waals surface area contributed by atoms with E-state index >= 15 is 0 Å². The Bertz CT molecular complexity index is 528. The van der Waals surface area contributed by atoms with Gasteiger partial charge in [0.2, 0.25) is 0 Å². The lowest BCUT2D eigenvalue weighted by Crippen LogP contribution is -2.44. The van der Waals surface area contributed by atoms with Crippen molar-refractivity contribution in [3.63, 3.8) is 0 Å². The van der Waals surface area contributed by atoms with Crippen LogP contribution in [0.15, 0.2) is 0 Å². The highest BCUT2D eigenvalue weighted by atomic mass is 32.1. The summed E-state index contributed by atoms with van der Waals surface area (Å²) in [6, 6.07) is 0.159. The summed E-state index contributed by atoms with van der Waals surface area (Å²) in [6.45, 7) is 8.44. The minimum absolute atomic E-state index is 0.159. The van der Waals surface area contributed by atoms with Crippen LogP contribution < -0.4 is 0 Å². The monoisotopic (exact) mass is 294 g/mol. The highest BCUT2D eigenvalue weighted by Gasteiger charge is 2.34. The zero-order chi connectivity index (χ0) is 14.5. The Morgan fingerprint density at radius 2 is 2.10 bits per heavy atom. The van der Waals surface area contributed by atoms with Gasteiger partial charge in [-0.3, -0.25) is 4.90 Å². The SMILES string of the molecule is C[C@@H]1Cc2nc(C3CC3)sc2CN1C(=O)OC(C)(C)C. The van der Waals surface area contributed by atoms with Crippen LogP contribution in [0.25, 0.3) is 0 Å². The number of carbonyl (C=O) groups is 1. The van der Waals surface area contributed by atoms with Crippen molar-refractivity contribution in [1.82, 2.24) is 9.88 Å². The maximum atomic E-state index is 12.3. The number of fused-ring (bicyclic) bond motifs is 1. The molecule has 1 saturated carbocycles. The number of rotatable bonds is 1. The van der Waals surface area contributed by atoms with Crippen molar-refractivity contribution in [1.29, 1.82) is 0 Å². The molecule has 3 rings (SSSR count). The standard InChI is InChI=1S/C15H22N2O2S/c1-9-7-11-12(20-13(16-11)10-5-6-10)8-17(9)14(18)19-15(2,3)4/h9-10H,5-8H2,1-4H3/t9-/m1/s1. The second kappa shape index (κ2) is 4.72. The maximum Gasteiger partial charge on any atom is 0.410 e. The summed E-state index contributed by atoms with van der Waals surface area (Å²) in [4.78, 5) is 20.1. The van der Waals surface area contributed by atoms with Gasteiger partial charge >= 0.3 is 6.09 Å². The quantitative estimate of drug-likeness (QED) is 0.793. The van der Waals surface area contributed by atoms with Gasteiger partial charge in [-0.25, -0.2) is 9.78 Å². The van der Waals surface area contributed by atoms with E-state index in [1.54, 1.807) is 11.3 Å². The molecule has 1 aliphatic carbocycles. The average Bonchev–Trinajstić information content (AvgIpc) is 3.07. The molecule has 2 heterocycles. The lowest BCUT2D eigenvalue weighted by molar-refractivity contribution is 0.0140. The van der Waals surface area contributed by atoms with Crippen LogP contribution in [0.4, 0.5) is 4.79 Å². The maximum absolute atomic E-state index is 12.3. The topological polar surface area (TPSA) is 42.4 Å². The molecule has 0 aromatic carbocycles. The molecular formula is C15H22N2O2S. The third-order valence-corrected chi connectivity index (χ3v) is 4.93. The van der Waals surface area contributed by atoms with Gasteiger partial charge in [0.05, 0.1) is 17.2 Å². The molecule has 20 heavy (non-hydrogen) atoms. The zero-order valence-corrected chi connectivity index (χ0v) is 13.4. The Balaban J connectivity index is 1.76. The number of hydrogen-bond donors (Lipinski definition) is 0. The smallest absolute Gasteiger partial charge is 0.410 e. The van der Waals surface area contributed by atoms with E-state index in [0.29, 0.717) is 12.5 Å². The van der Waals surface area contributed by atoms with Crippen LogP contribution in [0, 0.1) is 0 Å². The molecular weight excluding hydrogens is 272 g/mol. The molecule has 0 spiro atoms. The third-order valence-electron chi connectivity index (χ3n) is 3.68. The van der Waals surface area contributed by atoms with Crippen molar-refractivity contribution in [2.45, 2.75) is 71.1 Å². The molecule has 5 heteroatoms. The Kier molecular flexibility index (Phi) is 3.27. The molecule has 0 saturated heterocycles. The minimum atomic E-state index is -0.441. The van der Waals surface area contributed by atoms with Gasteiger partial charge in [-0.2, -0.15) is 0 Å². The van der Waals surface area contributed by atoms with Gasteiger partial charge in [-0.05, 0) is 40.5 Å². The van der Waals surface area contributed by atoms with Crippen molar-refractivity contribution in [3.05, 3.63) is 15.6 Å². The molecule has 0 bridgehead atoms. The molecule has 1 aromatic rings. The van der Waals surface area contributed by atoms with E-state index in [9.17, 15) is 4.79 Å². The number of ether oxygens (including phenoxy) is 1. The van der Waals surface area contributed by atoms with E-state index in [2.05, 4.69) is 6.92 Å². The van der Waals surface area contributed by atoms with Crippen molar-refractivity contribution < 1.29 is 9.53 Å². The van der Waals surface area contributed by atoms with Gasteiger partial charge < -0.3 is 4.74 Å². The molecule has 0 unspecified atom stereocenters. The van der Waals surface area contributed by atoms with E-state index in [1.165, 1.54) is 28.4 Å². The van der Waals surface area contributed by atoms with Crippen LogP contribution in [0.2, 0.25) is 0 Å². The highest BCUT2D eigenvalue weighted by Crippen LogP contribution is 2.43. The second-order valence-electron chi connectivity index (χ2n) is 6.86. The van der Waals surface area contributed by atoms with Gasteiger partial charge in [-0.1, -0.05) is 0 Å². The van der Waals surface area contributed by atoms with E-state index in [0.717, 1.165) is 6.42 Å². The van der Waals surface area contributed by atoms with Crippen LogP contribution in [-0.4, -0.2) is 27.6 Å². The van der Waals surface area contributed by atoms with Crippen molar-refractivity contribution in [2.75, 3.05) is 0 Å². The van der Waals surface area contributed by atoms with E-state index < -0.39 is 5.60 Å². The van der Waals surface area contributed by atoms with Crippen molar-refractivity contribution >= 4 is 17.4 Å². The summed E-state index contributed by atoms with van der Waals surface area (Å²) in [5.41, 5.74) is 0.758. The van der Waals surface area contributed by atoms with Crippen LogP contribution in [-0.2, 0) is 17.7 Å². The fraction of sp³-hybridized carbons (Fsp3) is 0.733. The molecule has 1 amide bonds. The summed E-state index contributed by atoms with van der Waals surface area (Å²) in [6.07, 6.45) is 3.18. The molecule has 0 radical (unpaired) electrons. The predicted octanol–water partition coefficient (Wildman–Crippen LogP) is 3.70. The van der Waals surface area contributed by atoms with Gasteiger partial charge in [0, 0.05) is 23.3 Å². The first kappa shape index (κ1) is 13.9. The minimum Gasteiger partial charge on any atom is -0.444 e. The Morgan fingerprint density at radius 1 is 1.40 bits per heavy atom. The van der Waals surface area contributed by atoms with Gasteiger partial charge in [0.1, 0.15) is 5.60 Å². The third kappa shape index (κ3) is 2.82. The van der Waals surface area contributed by atoms with Crippen LogP contribution in [0.1, 0.15) is 62.0 Å². The first-order valence-corrected chi connectivity index (χ1v) is 8.13. The summed E-state index contributed by atoms with van der Waals surface area (Å²) in [5, 5.41) is 1.27. The fourth-order valence-electron chi connectivity index (χ4n) is 2.46. The lowest BCUT2D eigenvalue weighted by atomic mass is 10.1. The number of hydrogen-bond acceptors (Lipinski definition) is 4. The molecule has 1 fully saturated rings. The van der Waals surface area contributed by atoms with Crippen LogP contribution in [0.3, 0.4) is 0 Å². The van der Waals surface area contributed by atoms with Gasteiger partial charge in [-0.15, -0.1) is 11.3 Å². The molecule has 4 nitrogen and oxygen atoms in total. The second-order valence-corrected chi connectivity index (χ2v) is 7.97. The van der Waals surface area contributed by atoms with E-state index in [1.807, 2.05) is 25.7 Å². The largest absolute Gasteiger partial charge is 0.444 e. The Hall–Kier alpha value is -1.10. The number of nitrogens with zero attached hydrogens (tertiary/aromatic N) is 2. The number of aromatic nitrogens is 1. The average molecular weight is 294 g/mol. The molecule has 2 aliphatic rings. The number of amides is 1. The normalized spacial score (nSPS) is 22.6. The van der Waals surface area contributed by atoms with Crippen LogP contribution >= 0.6 is 11.3 Å². The van der Waals surface area contributed by atoms with Gasteiger partial charge in [0.15, 0.2) is 0 Å². The Labute approximate surface area is 124 Å². The highest BCUT2D eigenvalue weighted by molar-refractivity contribution is 7.11. The summed E-state index contributed by atoms with van der Waals surface area (Å²) < 4.78 is 5.50. The first-order chi connectivity index (χ1) is 9.33. The van der Waals surface area contributed by atoms with Crippen molar-refractivity contribution in [2.24, 2.45) is 0 Å². The first-order valence-electron chi connectivity index (χ1n) is 7.31. The summed E-state index contributed by atoms with van der Waals surface area (Å²) >= 11 is 1.79. The van der Waals surface area contributed by atoms with Crippen LogP contribution in [0.5, 0.6) is 0 Å². The molecule has 1 aliphatic heterocycles. The number of thiazole rings is 1. The fourth-order valence-corrected chi connectivity index (χ4v) is 3.72. The summed E-state index contributed by atoms with van der Waals surface area (Å²) in [7, 11) is 0. The molecule has 1 aromatic heterocycles. The summed E-state index contributed by atoms with van der Waals surface area (Å²) in [5.74, 6) is 0.691. The van der Waals surface area contributed by atoms with E-state index in [4.69, 9.17) is 9.72 Å².